The fourth-order valence-corrected chi connectivity index (χ4v) is 3.56. The molecule has 0 fully saturated rings. The summed E-state index contributed by atoms with van der Waals surface area (Å²) in [6.45, 7) is 6.93. The molecule has 1 aromatic heterocycles. The van der Waals surface area contributed by atoms with Crippen molar-refractivity contribution < 1.29 is 0 Å². The molecule has 1 aliphatic rings. The number of nitrogens with zero attached hydrogens (tertiary/aromatic N) is 2. The highest BCUT2D eigenvalue weighted by atomic mass is 32.1. The van der Waals surface area contributed by atoms with Gasteiger partial charge >= 0.3 is 0 Å². The van der Waals surface area contributed by atoms with E-state index in [1.807, 2.05) is 6.20 Å². The first-order valence-electron chi connectivity index (χ1n) is 8.95. The zero-order chi connectivity index (χ0) is 16.3. The lowest BCUT2D eigenvalue weighted by atomic mass is 9.97. The van der Waals surface area contributed by atoms with Gasteiger partial charge in [0.05, 0.1) is 5.01 Å². The van der Waals surface area contributed by atoms with Crippen LogP contribution in [0.1, 0.15) is 55.8 Å². The van der Waals surface area contributed by atoms with Crippen LogP contribution in [-0.4, -0.2) is 30.6 Å². The second-order valence-corrected chi connectivity index (χ2v) is 7.07. The highest BCUT2D eigenvalue weighted by Gasteiger charge is 2.04. The maximum atomic E-state index is 4.67. The fourth-order valence-electron chi connectivity index (χ4n) is 2.71. The van der Waals surface area contributed by atoms with Gasteiger partial charge in [-0.05, 0) is 45.4 Å². The summed E-state index contributed by atoms with van der Waals surface area (Å²) in [6, 6.07) is 0. The molecule has 23 heavy (non-hydrogen) atoms. The number of hydrogen-bond acceptors (Lipinski definition) is 3. The number of aromatic nitrogens is 1. The van der Waals surface area contributed by atoms with E-state index in [2.05, 4.69) is 40.5 Å². The average Bonchev–Trinajstić information content (AvgIpc) is 3.04. The molecule has 4 nitrogen and oxygen atoms in total. The van der Waals surface area contributed by atoms with E-state index in [0.29, 0.717) is 0 Å². The van der Waals surface area contributed by atoms with Crippen LogP contribution >= 0.6 is 11.3 Å². The molecule has 0 bridgehead atoms. The minimum absolute atomic E-state index is 0.786. The van der Waals surface area contributed by atoms with E-state index in [1.165, 1.54) is 35.6 Å². The Kier molecular flexibility index (Phi) is 8.15. The minimum Gasteiger partial charge on any atom is -0.357 e. The first-order valence-corrected chi connectivity index (χ1v) is 9.77. The molecule has 0 amide bonds. The van der Waals surface area contributed by atoms with Crippen LogP contribution in [-0.2, 0) is 12.8 Å². The number of guanidine groups is 1. The minimum atomic E-state index is 0.786. The van der Waals surface area contributed by atoms with Gasteiger partial charge in [0.2, 0.25) is 0 Å². The summed E-state index contributed by atoms with van der Waals surface area (Å²) in [5.74, 6) is 0.927. The third kappa shape index (κ3) is 6.73. The van der Waals surface area contributed by atoms with Crippen LogP contribution in [0.4, 0.5) is 0 Å². The average molecular weight is 335 g/mol. The van der Waals surface area contributed by atoms with Gasteiger partial charge in [-0.1, -0.05) is 18.6 Å². The van der Waals surface area contributed by atoms with Gasteiger partial charge in [-0.25, -0.2) is 4.98 Å². The molecule has 0 atom stereocenters. The molecule has 0 aliphatic heterocycles. The van der Waals surface area contributed by atoms with Crippen molar-refractivity contribution in [2.75, 3.05) is 19.6 Å². The van der Waals surface area contributed by atoms with Crippen LogP contribution in [0.25, 0.3) is 0 Å². The van der Waals surface area contributed by atoms with Crippen molar-refractivity contribution >= 4 is 17.3 Å². The van der Waals surface area contributed by atoms with E-state index in [-0.39, 0.29) is 0 Å². The molecule has 0 aromatic carbocycles. The highest BCUT2D eigenvalue weighted by Crippen LogP contribution is 2.19. The van der Waals surface area contributed by atoms with Crippen LogP contribution < -0.4 is 10.6 Å². The summed E-state index contributed by atoms with van der Waals surface area (Å²) in [7, 11) is 0. The molecule has 0 unspecified atom stereocenters. The van der Waals surface area contributed by atoms with Gasteiger partial charge < -0.3 is 10.6 Å². The number of allylic oxidation sites excluding steroid dienone is 1. The standard InChI is InChI=1S/C18H30N4S/c1-3-16-14-22-17(23-16)11-13-21-18(19-4-2)20-12-10-15-8-6-5-7-9-15/h8,14H,3-7,9-13H2,1-2H3,(H2,19,20,21). The summed E-state index contributed by atoms with van der Waals surface area (Å²) in [5.41, 5.74) is 1.61. The summed E-state index contributed by atoms with van der Waals surface area (Å²) < 4.78 is 0. The van der Waals surface area contributed by atoms with E-state index >= 15 is 0 Å². The van der Waals surface area contributed by atoms with Gasteiger partial charge in [0.25, 0.3) is 0 Å². The van der Waals surface area contributed by atoms with Crippen molar-refractivity contribution in [2.45, 2.75) is 58.8 Å². The lowest BCUT2D eigenvalue weighted by molar-refractivity contribution is 0.665. The van der Waals surface area contributed by atoms with Gasteiger partial charge in [-0.2, -0.15) is 0 Å². The van der Waals surface area contributed by atoms with Gasteiger partial charge in [0.1, 0.15) is 0 Å². The number of rotatable bonds is 8. The number of nitrogens with one attached hydrogen (secondary N) is 2. The predicted molar refractivity (Wildman–Crippen MR) is 100 cm³/mol. The fraction of sp³-hybridized carbons (Fsp3) is 0.667. The summed E-state index contributed by atoms with van der Waals surface area (Å²) in [4.78, 5) is 10.5. The van der Waals surface area contributed by atoms with E-state index in [0.717, 1.165) is 44.9 Å². The van der Waals surface area contributed by atoms with E-state index in [9.17, 15) is 0 Å². The number of aliphatic imine (C=N–C) groups is 1. The Morgan fingerprint density at radius 1 is 1.26 bits per heavy atom. The third-order valence-corrected chi connectivity index (χ3v) is 5.21. The highest BCUT2D eigenvalue weighted by molar-refractivity contribution is 7.11. The first-order chi connectivity index (χ1) is 11.3. The Hall–Kier alpha value is -1.36. The van der Waals surface area contributed by atoms with Crippen molar-refractivity contribution in [3.05, 3.63) is 27.7 Å². The second kappa shape index (κ2) is 10.4. The van der Waals surface area contributed by atoms with E-state index < -0.39 is 0 Å². The van der Waals surface area contributed by atoms with Crippen LogP contribution in [0.2, 0.25) is 0 Å². The van der Waals surface area contributed by atoms with Crippen molar-refractivity contribution in [2.24, 2.45) is 4.99 Å². The molecule has 1 aliphatic carbocycles. The van der Waals surface area contributed by atoms with Gasteiger partial charge in [-0.15, -0.1) is 11.3 Å². The summed E-state index contributed by atoms with van der Waals surface area (Å²) >= 11 is 1.81. The Balaban J connectivity index is 1.73. The number of hydrogen-bond donors (Lipinski definition) is 2. The second-order valence-electron chi connectivity index (χ2n) is 5.87. The molecule has 128 valence electrons. The number of aryl methyl sites for hydroxylation is 1. The molecule has 2 rings (SSSR count). The Morgan fingerprint density at radius 3 is 2.87 bits per heavy atom. The van der Waals surface area contributed by atoms with Crippen molar-refractivity contribution in [3.8, 4) is 0 Å². The molecule has 0 radical (unpaired) electrons. The smallest absolute Gasteiger partial charge is 0.191 e. The van der Waals surface area contributed by atoms with Gasteiger partial charge in [0, 0.05) is 37.1 Å². The van der Waals surface area contributed by atoms with Crippen molar-refractivity contribution in [1.29, 1.82) is 0 Å². The molecule has 0 saturated heterocycles. The molecule has 2 N–H and O–H groups in total. The molecule has 1 heterocycles. The molecule has 1 aromatic rings. The lowest BCUT2D eigenvalue weighted by Gasteiger charge is -2.15. The summed E-state index contributed by atoms with van der Waals surface area (Å²) in [5, 5.41) is 7.97. The normalized spacial score (nSPS) is 15.4. The number of thiazole rings is 1. The van der Waals surface area contributed by atoms with E-state index in [4.69, 9.17) is 0 Å². The topological polar surface area (TPSA) is 49.3 Å². The van der Waals surface area contributed by atoms with Gasteiger partial charge in [-0.3, -0.25) is 4.99 Å². The molecule has 0 saturated carbocycles. The molecular weight excluding hydrogens is 304 g/mol. The third-order valence-electron chi connectivity index (χ3n) is 4.01. The van der Waals surface area contributed by atoms with Crippen LogP contribution in [0, 0.1) is 0 Å². The Morgan fingerprint density at radius 2 is 2.17 bits per heavy atom. The zero-order valence-corrected chi connectivity index (χ0v) is 15.3. The maximum Gasteiger partial charge on any atom is 0.191 e. The molecular formula is C18H30N4S. The summed E-state index contributed by atoms with van der Waals surface area (Å²) in [6.07, 6.45) is 12.8. The zero-order valence-electron chi connectivity index (χ0n) is 14.5. The van der Waals surface area contributed by atoms with Crippen molar-refractivity contribution in [1.82, 2.24) is 15.6 Å². The lowest BCUT2D eigenvalue weighted by Crippen LogP contribution is -2.38. The Labute approximate surface area is 144 Å². The van der Waals surface area contributed by atoms with Crippen LogP contribution in [0.5, 0.6) is 0 Å². The van der Waals surface area contributed by atoms with Crippen LogP contribution in [0.3, 0.4) is 0 Å². The largest absolute Gasteiger partial charge is 0.357 e. The van der Waals surface area contributed by atoms with E-state index in [1.54, 1.807) is 16.9 Å². The molecule has 0 spiro atoms. The maximum absolute atomic E-state index is 4.67. The first kappa shape index (κ1) is 18.0. The SMILES string of the molecule is CCNC(=NCCc1ncc(CC)s1)NCCC1=CCCCC1. The van der Waals surface area contributed by atoms with Crippen molar-refractivity contribution in [3.63, 3.8) is 0 Å². The van der Waals surface area contributed by atoms with Gasteiger partial charge in [0.15, 0.2) is 5.96 Å². The Bertz CT molecular complexity index is 519. The monoisotopic (exact) mass is 334 g/mol. The quantitative estimate of drug-likeness (QED) is 0.433. The predicted octanol–water partition coefficient (Wildman–Crippen LogP) is 3.69. The van der Waals surface area contributed by atoms with Crippen LogP contribution in [0.15, 0.2) is 22.8 Å². The molecule has 5 heteroatoms.